The molecule has 1 unspecified atom stereocenters. The van der Waals surface area contributed by atoms with Crippen LogP contribution in [0.15, 0.2) is 54.6 Å². The molecular weight excluding hydrogens is 412 g/mol. The summed E-state index contributed by atoms with van der Waals surface area (Å²) in [6.07, 6.45) is 5.14. The number of nitrogens with one attached hydrogen (secondary N) is 1. The lowest BCUT2D eigenvalue weighted by atomic mass is 10.0. The predicted molar refractivity (Wildman–Crippen MR) is 131 cm³/mol. The van der Waals surface area contributed by atoms with Crippen molar-refractivity contribution in [1.29, 1.82) is 0 Å². The summed E-state index contributed by atoms with van der Waals surface area (Å²) >= 11 is 0. The molecule has 2 amide bonds. The van der Waals surface area contributed by atoms with E-state index in [0.717, 1.165) is 61.9 Å². The van der Waals surface area contributed by atoms with Gasteiger partial charge >= 0.3 is 0 Å². The van der Waals surface area contributed by atoms with Gasteiger partial charge in [-0.3, -0.25) is 14.5 Å². The van der Waals surface area contributed by atoms with Gasteiger partial charge in [-0.25, -0.2) is 0 Å². The van der Waals surface area contributed by atoms with E-state index in [4.69, 9.17) is 0 Å². The fourth-order valence-electron chi connectivity index (χ4n) is 5.05. The third-order valence-electron chi connectivity index (χ3n) is 7.10. The van der Waals surface area contributed by atoms with E-state index in [0.29, 0.717) is 13.0 Å². The molecule has 0 radical (unpaired) electrons. The number of amides is 2. The molecular formula is C27H34N4O2. The lowest BCUT2D eigenvalue weighted by Crippen LogP contribution is -2.47. The third kappa shape index (κ3) is 5.38. The summed E-state index contributed by atoms with van der Waals surface area (Å²) in [4.78, 5) is 32.9. The summed E-state index contributed by atoms with van der Waals surface area (Å²) in [5, 5.41) is 3.11. The molecule has 1 N–H and O–H groups in total. The predicted octanol–water partition coefficient (Wildman–Crippen LogP) is 3.91. The topological polar surface area (TPSA) is 55.9 Å². The molecule has 0 aromatic heterocycles. The van der Waals surface area contributed by atoms with Crippen molar-refractivity contribution in [3.8, 4) is 0 Å². The number of hydrogen-bond acceptors (Lipinski definition) is 4. The number of anilines is 2. The second-order valence-electron chi connectivity index (χ2n) is 9.63. The molecule has 2 aliphatic heterocycles. The Bertz CT molecular complexity index is 967. The molecule has 3 aliphatic rings. The summed E-state index contributed by atoms with van der Waals surface area (Å²) in [5.41, 5.74) is 2.78. The van der Waals surface area contributed by atoms with Crippen LogP contribution < -0.4 is 10.2 Å². The van der Waals surface area contributed by atoms with E-state index < -0.39 is 6.04 Å². The minimum Gasteiger partial charge on any atom is -0.369 e. The summed E-state index contributed by atoms with van der Waals surface area (Å²) < 4.78 is 0. The van der Waals surface area contributed by atoms with E-state index in [1.54, 1.807) is 4.90 Å². The molecule has 174 valence electrons. The van der Waals surface area contributed by atoms with Gasteiger partial charge in [-0.15, -0.1) is 0 Å². The molecule has 2 heterocycles. The SMILES string of the molecule is O=C(Nc1cccc(N2CCN(CC3CC3)CC2)c1)C(c1ccccc1)N1CCCCC1=O. The molecule has 1 atom stereocenters. The van der Waals surface area contributed by atoms with Crippen LogP contribution in [0.2, 0.25) is 0 Å². The van der Waals surface area contributed by atoms with Crippen LogP contribution in [-0.2, 0) is 9.59 Å². The number of benzene rings is 2. The summed E-state index contributed by atoms with van der Waals surface area (Å²) in [5.74, 6) is 0.838. The number of likely N-dealkylation sites (tertiary alicyclic amines) is 1. The first-order chi connectivity index (χ1) is 16.2. The van der Waals surface area contributed by atoms with Crippen LogP contribution >= 0.6 is 0 Å². The fourth-order valence-corrected chi connectivity index (χ4v) is 5.05. The van der Waals surface area contributed by atoms with Gasteiger partial charge in [0.2, 0.25) is 5.91 Å². The monoisotopic (exact) mass is 446 g/mol. The molecule has 2 aromatic rings. The van der Waals surface area contributed by atoms with Gasteiger partial charge in [-0.2, -0.15) is 0 Å². The van der Waals surface area contributed by atoms with Crippen molar-refractivity contribution in [2.24, 2.45) is 5.92 Å². The number of hydrogen-bond donors (Lipinski definition) is 1. The summed E-state index contributed by atoms with van der Waals surface area (Å²) in [6, 6.07) is 17.2. The van der Waals surface area contributed by atoms with Gasteiger partial charge in [0, 0.05) is 57.1 Å². The number of piperidine rings is 1. The Kier molecular flexibility index (Phi) is 6.63. The van der Waals surface area contributed by atoms with Crippen LogP contribution in [0.1, 0.15) is 43.7 Å². The third-order valence-corrected chi connectivity index (χ3v) is 7.10. The molecule has 33 heavy (non-hydrogen) atoms. The maximum Gasteiger partial charge on any atom is 0.251 e. The maximum atomic E-state index is 13.5. The standard InChI is InChI=1S/C27H34N4O2/c32-25-11-4-5-14-31(25)26(22-7-2-1-3-8-22)27(33)28-23-9-6-10-24(19-23)30-17-15-29(16-18-30)20-21-12-13-21/h1-3,6-10,19,21,26H,4-5,11-18,20H2,(H,28,33). The number of carbonyl (C=O) groups excluding carboxylic acids is 2. The molecule has 1 aliphatic carbocycles. The first-order valence-electron chi connectivity index (χ1n) is 12.4. The van der Waals surface area contributed by atoms with E-state index in [-0.39, 0.29) is 11.8 Å². The second kappa shape index (κ2) is 9.96. The Labute approximate surface area is 196 Å². The lowest BCUT2D eigenvalue weighted by Gasteiger charge is -2.36. The first-order valence-corrected chi connectivity index (χ1v) is 12.4. The second-order valence-corrected chi connectivity index (χ2v) is 9.63. The minimum atomic E-state index is -0.603. The fraction of sp³-hybridized carbons (Fsp3) is 0.481. The normalized spacial score (nSPS) is 20.5. The van der Waals surface area contributed by atoms with E-state index in [9.17, 15) is 9.59 Å². The number of rotatable bonds is 7. The molecule has 5 rings (SSSR count). The summed E-state index contributed by atoms with van der Waals surface area (Å²) in [7, 11) is 0. The van der Waals surface area contributed by atoms with Crippen LogP contribution in [0, 0.1) is 5.92 Å². The Morgan fingerprint density at radius 3 is 2.45 bits per heavy atom. The van der Waals surface area contributed by atoms with Crippen molar-refractivity contribution < 1.29 is 9.59 Å². The van der Waals surface area contributed by atoms with Gasteiger partial charge < -0.3 is 15.1 Å². The van der Waals surface area contributed by atoms with Crippen LogP contribution in [-0.4, -0.2) is 60.9 Å². The molecule has 6 nitrogen and oxygen atoms in total. The van der Waals surface area contributed by atoms with Gasteiger partial charge in [-0.1, -0.05) is 36.4 Å². The highest BCUT2D eigenvalue weighted by Crippen LogP contribution is 2.31. The maximum absolute atomic E-state index is 13.5. The molecule has 3 fully saturated rings. The van der Waals surface area contributed by atoms with Crippen LogP contribution in [0.4, 0.5) is 11.4 Å². The lowest BCUT2D eigenvalue weighted by molar-refractivity contribution is -0.141. The molecule has 1 saturated carbocycles. The number of piperazine rings is 1. The van der Waals surface area contributed by atoms with Crippen molar-refractivity contribution in [2.45, 2.75) is 38.1 Å². The van der Waals surface area contributed by atoms with Crippen molar-refractivity contribution in [3.63, 3.8) is 0 Å². The van der Waals surface area contributed by atoms with Crippen molar-refractivity contribution in [1.82, 2.24) is 9.80 Å². The highest BCUT2D eigenvalue weighted by Gasteiger charge is 2.33. The Balaban J connectivity index is 1.28. The molecule has 0 spiro atoms. The summed E-state index contributed by atoms with van der Waals surface area (Å²) in [6.45, 7) is 6.09. The van der Waals surface area contributed by atoms with Crippen LogP contribution in [0.5, 0.6) is 0 Å². The smallest absolute Gasteiger partial charge is 0.251 e. The Morgan fingerprint density at radius 2 is 1.73 bits per heavy atom. The molecule has 2 aromatic carbocycles. The van der Waals surface area contributed by atoms with Crippen LogP contribution in [0.3, 0.4) is 0 Å². The zero-order valence-corrected chi connectivity index (χ0v) is 19.3. The van der Waals surface area contributed by atoms with Gasteiger partial charge in [0.1, 0.15) is 6.04 Å². The quantitative estimate of drug-likeness (QED) is 0.701. The van der Waals surface area contributed by atoms with Gasteiger partial charge in [0.15, 0.2) is 0 Å². The average molecular weight is 447 g/mol. The van der Waals surface area contributed by atoms with Crippen molar-refractivity contribution >= 4 is 23.2 Å². The van der Waals surface area contributed by atoms with Gasteiger partial charge in [0.25, 0.3) is 5.91 Å². The van der Waals surface area contributed by atoms with Crippen LogP contribution in [0.25, 0.3) is 0 Å². The zero-order chi connectivity index (χ0) is 22.6. The average Bonchev–Trinajstić information content (AvgIpc) is 3.66. The molecule has 0 bridgehead atoms. The van der Waals surface area contributed by atoms with Gasteiger partial charge in [-0.05, 0) is 55.4 Å². The Hall–Kier alpha value is -2.86. The van der Waals surface area contributed by atoms with E-state index in [1.165, 1.54) is 19.4 Å². The highest BCUT2D eigenvalue weighted by molar-refractivity contribution is 5.98. The van der Waals surface area contributed by atoms with E-state index in [2.05, 4.69) is 27.2 Å². The number of carbonyl (C=O) groups is 2. The molecule has 6 heteroatoms. The largest absolute Gasteiger partial charge is 0.369 e. The number of nitrogens with zero attached hydrogens (tertiary/aromatic N) is 3. The first kappa shape index (κ1) is 22.0. The van der Waals surface area contributed by atoms with Crippen molar-refractivity contribution in [3.05, 3.63) is 60.2 Å². The van der Waals surface area contributed by atoms with E-state index in [1.807, 2.05) is 42.5 Å². The Morgan fingerprint density at radius 1 is 0.939 bits per heavy atom. The highest BCUT2D eigenvalue weighted by atomic mass is 16.2. The molecule has 2 saturated heterocycles. The van der Waals surface area contributed by atoms with Crippen molar-refractivity contribution in [2.75, 3.05) is 49.5 Å². The zero-order valence-electron chi connectivity index (χ0n) is 19.3. The van der Waals surface area contributed by atoms with Gasteiger partial charge in [0.05, 0.1) is 0 Å². The minimum absolute atomic E-state index is 0.0584. The van der Waals surface area contributed by atoms with E-state index >= 15 is 0 Å².